The molecule has 1 aromatic carbocycles. The minimum absolute atomic E-state index is 0.247. The largest absolute Gasteiger partial charge is 0.379 e. The highest BCUT2D eigenvalue weighted by molar-refractivity contribution is 5.21. The van der Waals surface area contributed by atoms with Crippen molar-refractivity contribution in [1.82, 2.24) is 0 Å². The lowest BCUT2D eigenvalue weighted by Crippen LogP contribution is -2.20. The smallest absolute Gasteiger partial charge is 0.130 e. The summed E-state index contributed by atoms with van der Waals surface area (Å²) < 4.78 is 31.6. The van der Waals surface area contributed by atoms with Crippen molar-refractivity contribution >= 4 is 0 Å². The molecule has 1 aromatic rings. The molecule has 2 N–H and O–H groups in total. The number of hydrogen-bond acceptors (Lipinski definition) is 2. The average Bonchev–Trinajstić information content (AvgIpc) is 2.29. The predicted molar refractivity (Wildman–Crippen MR) is 68.2 cm³/mol. The second-order valence-electron chi connectivity index (χ2n) is 4.70. The maximum Gasteiger partial charge on any atom is 0.130 e. The number of nitrogens with two attached hydrogens (primary N) is 1. The molecule has 102 valence electrons. The molecule has 0 saturated carbocycles. The summed E-state index contributed by atoms with van der Waals surface area (Å²) in [6, 6.07) is 2.86. The summed E-state index contributed by atoms with van der Waals surface area (Å²) in [5, 5.41) is 0. The quantitative estimate of drug-likeness (QED) is 0.812. The van der Waals surface area contributed by atoms with Gasteiger partial charge in [0, 0.05) is 18.2 Å². The maximum absolute atomic E-state index is 13.4. The molecule has 0 aromatic heterocycles. The highest BCUT2D eigenvalue weighted by Crippen LogP contribution is 2.17. The molecular weight excluding hydrogens is 236 g/mol. The van der Waals surface area contributed by atoms with Crippen LogP contribution in [0.5, 0.6) is 0 Å². The lowest BCUT2D eigenvalue weighted by atomic mass is 10.1. The lowest BCUT2D eigenvalue weighted by molar-refractivity contribution is 0.0902. The number of halogens is 2. The first kappa shape index (κ1) is 15.1. The van der Waals surface area contributed by atoms with Crippen LogP contribution in [0.1, 0.15) is 38.3 Å². The van der Waals surface area contributed by atoms with E-state index < -0.39 is 17.7 Å². The molecule has 2 atom stereocenters. The van der Waals surface area contributed by atoms with E-state index in [9.17, 15) is 8.78 Å². The van der Waals surface area contributed by atoms with Crippen LogP contribution < -0.4 is 5.73 Å². The van der Waals surface area contributed by atoms with Gasteiger partial charge in [0.1, 0.15) is 11.6 Å². The second kappa shape index (κ2) is 7.44. The Morgan fingerprint density at radius 2 is 2.00 bits per heavy atom. The zero-order chi connectivity index (χ0) is 13.5. The van der Waals surface area contributed by atoms with Gasteiger partial charge in [0.15, 0.2) is 0 Å². The van der Waals surface area contributed by atoms with E-state index in [-0.39, 0.29) is 6.61 Å². The first-order valence-corrected chi connectivity index (χ1v) is 6.32. The fraction of sp³-hybridized carbons (Fsp3) is 0.571. The molecule has 0 amide bonds. The van der Waals surface area contributed by atoms with Crippen LogP contribution in [0.4, 0.5) is 8.78 Å². The van der Waals surface area contributed by atoms with Gasteiger partial charge in [0.2, 0.25) is 0 Å². The van der Waals surface area contributed by atoms with Gasteiger partial charge in [-0.1, -0.05) is 26.3 Å². The van der Waals surface area contributed by atoms with E-state index in [0.717, 1.165) is 18.9 Å². The second-order valence-corrected chi connectivity index (χ2v) is 4.70. The van der Waals surface area contributed by atoms with Gasteiger partial charge in [-0.3, -0.25) is 0 Å². The van der Waals surface area contributed by atoms with Crippen molar-refractivity contribution in [3.8, 4) is 0 Å². The summed E-state index contributed by atoms with van der Waals surface area (Å²) in [6.45, 7) is 5.09. The molecule has 2 unspecified atom stereocenters. The zero-order valence-electron chi connectivity index (χ0n) is 11.0. The number of rotatable bonds is 7. The first-order valence-electron chi connectivity index (χ1n) is 6.32. The Labute approximate surface area is 107 Å². The molecule has 0 aliphatic rings. The van der Waals surface area contributed by atoms with E-state index in [1.54, 1.807) is 0 Å². The fourth-order valence-corrected chi connectivity index (χ4v) is 1.86. The molecule has 0 aliphatic carbocycles. The first-order chi connectivity index (χ1) is 8.54. The molecule has 0 saturated heterocycles. The highest BCUT2D eigenvalue weighted by Gasteiger charge is 2.13. The Balaban J connectivity index is 2.43. The normalized spacial score (nSPS) is 14.5. The van der Waals surface area contributed by atoms with E-state index in [0.29, 0.717) is 18.1 Å². The van der Waals surface area contributed by atoms with Gasteiger partial charge in [0.05, 0.1) is 12.6 Å². The van der Waals surface area contributed by atoms with Crippen LogP contribution in [0.15, 0.2) is 18.2 Å². The van der Waals surface area contributed by atoms with Crippen LogP contribution in [-0.2, 0) is 4.74 Å². The Morgan fingerprint density at radius 1 is 1.28 bits per heavy atom. The van der Waals surface area contributed by atoms with Crippen molar-refractivity contribution in [3.63, 3.8) is 0 Å². The number of hydrogen-bond donors (Lipinski definition) is 1. The van der Waals surface area contributed by atoms with E-state index >= 15 is 0 Å². The van der Waals surface area contributed by atoms with E-state index in [1.165, 1.54) is 12.1 Å². The molecule has 0 bridgehead atoms. The molecule has 18 heavy (non-hydrogen) atoms. The molecule has 0 aliphatic heterocycles. The highest BCUT2D eigenvalue weighted by atomic mass is 19.1. The van der Waals surface area contributed by atoms with E-state index in [1.807, 2.05) is 0 Å². The van der Waals surface area contributed by atoms with Crippen molar-refractivity contribution in [2.75, 3.05) is 13.2 Å². The molecule has 4 heteroatoms. The summed E-state index contributed by atoms with van der Waals surface area (Å²) in [4.78, 5) is 0. The number of ether oxygens (including phenoxy) is 1. The minimum atomic E-state index is -0.618. The van der Waals surface area contributed by atoms with Crippen molar-refractivity contribution in [3.05, 3.63) is 35.4 Å². The lowest BCUT2D eigenvalue weighted by Gasteiger charge is -2.16. The molecular formula is C14H21F2NO. The van der Waals surface area contributed by atoms with Crippen LogP contribution in [0.25, 0.3) is 0 Å². The van der Waals surface area contributed by atoms with Crippen LogP contribution in [0.3, 0.4) is 0 Å². The number of benzene rings is 1. The monoisotopic (exact) mass is 257 g/mol. The third-order valence-corrected chi connectivity index (χ3v) is 2.84. The van der Waals surface area contributed by atoms with Gasteiger partial charge in [-0.05, 0) is 18.4 Å². The SMILES string of the molecule is CCCC(C)COCC(N)c1ccc(F)cc1F. The molecule has 0 spiro atoms. The van der Waals surface area contributed by atoms with Gasteiger partial charge in [-0.25, -0.2) is 8.78 Å². The average molecular weight is 257 g/mol. The van der Waals surface area contributed by atoms with Crippen molar-refractivity contribution in [2.24, 2.45) is 11.7 Å². The minimum Gasteiger partial charge on any atom is -0.379 e. The Bertz CT molecular complexity index is 371. The summed E-state index contributed by atoms with van der Waals surface area (Å²) in [6.07, 6.45) is 2.21. The molecule has 0 fully saturated rings. The van der Waals surface area contributed by atoms with Crippen LogP contribution >= 0.6 is 0 Å². The summed E-state index contributed by atoms with van der Waals surface area (Å²) in [7, 11) is 0. The van der Waals surface area contributed by atoms with Gasteiger partial charge in [-0.2, -0.15) is 0 Å². The van der Waals surface area contributed by atoms with Gasteiger partial charge in [-0.15, -0.1) is 0 Å². The third-order valence-electron chi connectivity index (χ3n) is 2.84. The fourth-order valence-electron chi connectivity index (χ4n) is 1.86. The van der Waals surface area contributed by atoms with Crippen LogP contribution in [-0.4, -0.2) is 13.2 Å². The topological polar surface area (TPSA) is 35.2 Å². The van der Waals surface area contributed by atoms with Crippen molar-refractivity contribution in [1.29, 1.82) is 0 Å². The van der Waals surface area contributed by atoms with E-state index in [4.69, 9.17) is 10.5 Å². The Kier molecular flexibility index (Phi) is 6.22. The van der Waals surface area contributed by atoms with Crippen LogP contribution in [0, 0.1) is 17.6 Å². The van der Waals surface area contributed by atoms with E-state index in [2.05, 4.69) is 13.8 Å². The molecule has 0 radical (unpaired) electrons. The predicted octanol–water partition coefficient (Wildman–Crippen LogP) is 3.42. The summed E-state index contributed by atoms with van der Waals surface area (Å²) in [5.41, 5.74) is 6.11. The van der Waals surface area contributed by atoms with Crippen LogP contribution in [0.2, 0.25) is 0 Å². The van der Waals surface area contributed by atoms with Crippen molar-refractivity contribution < 1.29 is 13.5 Å². The maximum atomic E-state index is 13.4. The van der Waals surface area contributed by atoms with Gasteiger partial charge >= 0.3 is 0 Å². The van der Waals surface area contributed by atoms with Gasteiger partial charge < -0.3 is 10.5 Å². The Morgan fingerprint density at radius 3 is 2.61 bits per heavy atom. The van der Waals surface area contributed by atoms with Gasteiger partial charge in [0.25, 0.3) is 0 Å². The third kappa shape index (κ3) is 4.70. The molecule has 1 rings (SSSR count). The van der Waals surface area contributed by atoms with Crippen molar-refractivity contribution in [2.45, 2.75) is 32.7 Å². The Hall–Kier alpha value is -1.00. The molecule has 2 nitrogen and oxygen atoms in total. The summed E-state index contributed by atoms with van der Waals surface area (Å²) >= 11 is 0. The summed E-state index contributed by atoms with van der Waals surface area (Å²) in [5.74, 6) is -0.742. The zero-order valence-corrected chi connectivity index (χ0v) is 11.0. The standard InChI is InChI=1S/C14H21F2NO/c1-3-4-10(2)8-18-9-14(17)12-6-5-11(15)7-13(12)16/h5-7,10,14H,3-4,8-9,17H2,1-2H3. The molecule has 0 heterocycles.